The third-order valence-electron chi connectivity index (χ3n) is 4.43. The van der Waals surface area contributed by atoms with Gasteiger partial charge in [0.15, 0.2) is 0 Å². The van der Waals surface area contributed by atoms with Crippen LogP contribution in [-0.2, 0) is 6.54 Å². The van der Waals surface area contributed by atoms with Crippen molar-refractivity contribution in [2.75, 3.05) is 0 Å². The Hall–Kier alpha value is -3.05. The molecule has 1 unspecified atom stereocenters. The third-order valence-corrected chi connectivity index (χ3v) is 5.32. The van der Waals surface area contributed by atoms with Crippen molar-refractivity contribution in [1.29, 1.82) is 0 Å². The number of rotatable bonds is 3. The maximum absolute atomic E-state index is 14.2. The van der Waals surface area contributed by atoms with Crippen LogP contribution in [0.15, 0.2) is 55.1 Å². The summed E-state index contributed by atoms with van der Waals surface area (Å²) in [5.74, 6) is 1.17. The zero-order chi connectivity index (χ0) is 18.4. The molecule has 0 amide bonds. The molecule has 27 heavy (non-hydrogen) atoms. The van der Waals surface area contributed by atoms with Crippen molar-refractivity contribution in [1.82, 2.24) is 29.5 Å². The second-order valence-corrected chi connectivity index (χ2v) is 7.35. The molecule has 0 aliphatic carbocycles. The first kappa shape index (κ1) is 16.1. The molecule has 0 fully saturated rings. The van der Waals surface area contributed by atoms with Crippen molar-refractivity contribution in [3.8, 4) is 22.6 Å². The quantitative estimate of drug-likeness (QED) is 0.452. The molecule has 1 aromatic heterocycles. The standard InChI is InChI=1S/C19H14AsFN6/c20-18-17-19(23-9-22-17)27(10-24-18)8-15-25-14-7-12(21)6-13(16(14)26-15)11-4-2-1-3-5-11/h1-7,9-10H,8,20H2,(H,25,26). The number of nitrogens with one attached hydrogen (secondary N) is 1. The maximum atomic E-state index is 14.2. The van der Waals surface area contributed by atoms with Gasteiger partial charge in [0.05, 0.1) is 0 Å². The molecule has 1 N–H and O–H groups in total. The van der Waals surface area contributed by atoms with E-state index >= 15 is 0 Å². The Balaban J connectivity index is 1.61. The van der Waals surface area contributed by atoms with Gasteiger partial charge in [-0.25, -0.2) is 0 Å². The molecule has 2 aliphatic rings. The van der Waals surface area contributed by atoms with Crippen LogP contribution in [0.2, 0.25) is 0 Å². The normalized spacial score (nSPS) is 11.5. The predicted molar refractivity (Wildman–Crippen MR) is 103 cm³/mol. The van der Waals surface area contributed by atoms with Gasteiger partial charge in [0.25, 0.3) is 0 Å². The second-order valence-electron chi connectivity index (χ2n) is 6.20. The molecule has 3 aromatic rings. The second kappa shape index (κ2) is 6.28. The monoisotopic (exact) mass is 420 g/mol. The zero-order valence-corrected chi connectivity index (χ0v) is 16.5. The minimum absolute atomic E-state index is 0.298. The van der Waals surface area contributed by atoms with E-state index in [-0.39, 0.29) is 5.82 Å². The van der Waals surface area contributed by atoms with Crippen molar-refractivity contribution in [3.63, 3.8) is 0 Å². The van der Waals surface area contributed by atoms with E-state index in [9.17, 15) is 4.39 Å². The van der Waals surface area contributed by atoms with Gasteiger partial charge in [-0.2, -0.15) is 0 Å². The van der Waals surface area contributed by atoms with Crippen molar-refractivity contribution in [2.24, 2.45) is 0 Å². The minimum atomic E-state index is -0.298. The number of benzene rings is 2. The van der Waals surface area contributed by atoms with Crippen LogP contribution < -0.4 is 4.48 Å². The Morgan fingerprint density at radius 1 is 1.07 bits per heavy atom. The zero-order valence-electron chi connectivity index (χ0n) is 14.1. The Kier molecular flexibility index (Phi) is 3.76. The van der Waals surface area contributed by atoms with Crippen molar-refractivity contribution < 1.29 is 4.39 Å². The van der Waals surface area contributed by atoms with E-state index in [1.165, 1.54) is 35.3 Å². The summed E-state index contributed by atoms with van der Waals surface area (Å²) in [6.45, 7) is 0.444. The summed E-state index contributed by atoms with van der Waals surface area (Å²) in [7, 11) is 0. The molecule has 3 heterocycles. The molecular formula is C19H14AsFN6. The Bertz CT molecular complexity index is 1230. The van der Waals surface area contributed by atoms with Crippen LogP contribution in [0.25, 0.3) is 33.7 Å². The molecule has 0 bridgehead atoms. The van der Waals surface area contributed by atoms with E-state index in [2.05, 4.69) is 19.9 Å². The molecule has 0 saturated heterocycles. The number of aromatic nitrogens is 6. The van der Waals surface area contributed by atoms with E-state index in [1.807, 2.05) is 34.9 Å². The summed E-state index contributed by atoms with van der Waals surface area (Å²) in [6, 6.07) is 12.7. The van der Waals surface area contributed by atoms with Crippen molar-refractivity contribution >= 4 is 32.4 Å². The Labute approximate surface area is 162 Å². The van der Waals surface area contributed by atoms with E-state index in [4.69, 9.17) is 4.98 Å². The SMILES string of the molecule is Fc1cc(-c2ccccc2)c2nc(Cn3cnc([AsH2])c4ncnc3-4)[nH]c2c1. The summed E-state index contributed by atoms with van der Waals surface area (Å²) in [5, 5.41) is 0. The number of hydrogen-bond donors (Lipinski definition) is 1. The first-order chi connectivity index (χ1) is 13.2. The fraction of sp³-hybridized carbons (Fsp3) is 0.0526. The molecule has 5 rings (SSSR count). The van der Waals surface area contributed by atoms with Gasteiger partial charge in [0.1, 0.15) is 0 Å². The number of aromatic amines is 1. The van der Waals surface area contributed by atoms with E-state index in [0.29, 0.717) is 17.9 Å². The average Bonchev–Trinajstić information content (AvgIpc) is 3.31. The van der Waals surface area contributed by atoms with Gasteiger partial charge in [-0.1, -0.05) is 6.07 Å². The first-order valence-electron chi connectivity index (χ1n) is 8.34. The van der Waals surface area contributed by atoms with E-state index < -0.39 is 0 Å². The summed E-state index contributed by atoms with van der Waals surface area (Å²) in [4.78, 5) is 20.9. The molecule has 2 aliphatic heterocycles. The van der Waals surface area contributed by atoms with Crippen LogP contribution in [0.4, 0.5) is 4.39 Å². The van der Waals surface area contributed by atoms with Crippen LogP contribution in [0.3, 0.4) is 0 Å². The summed E-state index contributed by atoms with van der Waals surface area (Å²) in [6.07, 6.45) is 3.27. The molecular weight excluding hydrogens is 406 g/mol. The molecule has 132 valence electrons. The van der Waals surface area contributed by atoms with Crippen LogP contribution in [0, 0.1) is 5.82 Å². The van der Waals surface area contributed by atoms with Crippen LogP contribution in [0.5, 0.6) is 0 Å². The Morgan fingerprint density at radius 2 is 1.93 bits per heavy atom. The van der Waals surface area contributed by atoms with Crippen LogP contribution in [-0.4, -0.2) is 46.3 Å². The number of halogens is 1. The number of imidazole rings is 2. The van der Waals surface area contributed by atoms with Gasteiger partial charge in [-0.3, -0.25) is 0 Å². The first-order valence-corrected chi connectivity index (χ1v) is 9.55. The summed E-state index contributed by atoms with van der Waals surface area (Å²) in [5.41, 5.74) is 3.89. The predicted octanol–water partition coefficient (Wildman–Crippen LogP) is 1.77. The van der Waals surface area contributed by atoms with Gasteiger partial charge in [0, 0.05) is 0 Å². The van der Waals surface area contributed by atoms with Crippen LogP contribution in [0.1, 0.15) is 5.82 Å². The van der Waals surface area contributed by atoms with Gasteiger partial charge in [-0.15, -0.1) is 0 Å². The van der Waals surface area contributed by atoms with Gasteiger partial charge >= 0.3 is 156 Å². The van der Waals surface area contributed by atoms with Crippen LogP contribution >= 0.6 is 0 Å². The molecule has 6 nitrogen and oxygen atoms in total. The molecule has 0 spiro atoms. The molecule has 8 heteroatoms. The van der Waals surface area contributed by atoms with Crippen molar-refractivity contribution in [3.05, 3.63) is 66.8 Å². The molecule has 1 atom stereocenters. The fourth-order valence-electron chi connectivity index (χ4n) is 3.22. The van der Waals surface area contributed by atoms with Gasteiger partial charge in [-0.05, 0) is 0 Å². The number of fused-ring (bicyclic) bond motifs is 2. The number of H-pyrrole nitrogens is 1. The summed E-state index contributed by atoms with van der Waals surface area (Å²) < 4.78 is 16.9. The third kappa shape index (κ3) is 2.80. The molecule has 2 aromatic carbocycles. The average molecular weight is 420 g/mol. The number of nitrogens with zero attached hydrogens (tertiary/aromatic N) is 5. The van der Waals surface area contributed by atoms with E-state index in [1.54, 1.807) is 6.33 Å². The Morgan fingerprint density at radius 3 is 2.78 bits per heavy atom. The molecule has 0 radical (unpaired) electrons. The van der Waals surface area contributed by atoms with Gasteiger partial charge in [0.2, 0.25) is 0 Å². The van der Waals surface area contributed by atoms with Crippen molar-refractivity contribution in [2.45, 2.75) is 6.54 Å². The molecule has 0 saturated carbocycles. The van der Waals surface area contributed by atoms with E-state index in [0.717, 1.165) is 32.6 Å². The number of hydrogen-bond acceptors (Lipinski definition) is 4. The summed E-state index contributed by atoms with van der Waals surface area (Å²) >= 11 is 1.41. The fourth-order valence-corrected chi connectivity index (χ4v) is 3.79. The topological polar surface area (TPSA) is 72.3 Å². The van der Waals surface area contributed by atoms with Gasteiger partial charge < -0.3 is 0 Å².